The molecule has 9 heteroatoms. The molecule has 180 valence electrons. The molecule has 1 saturated carbocycles. The average molecular weight is 482 g/mol. The highest BCUT2D eigenvalue weighted by atomic mass is 32.1. The molecule has 1 aliphatic heterocycles. The van der Waals surface area contributed by atoms with Crippen molar-refractivity contribution in [3.8, 4) is 11.8 Å². The van der Waals surface area contributed by atoms with Gasteiger partial charge in [-0.2, -0.15) is 5.26 Å². The van der Waals surface area contributed by atoms with Crippen LogP contribution in [0, 0.1) is 17.2 Å². The third-order valence-corrected chi connectivity index (χ3v) is 7.23. The number of carbonyl (C=O) groups excluding carboxylic acids is 1. The quantitative estimate of drug-likeness (QED) is 0.533. The first-order valence-electron chi connectivity index (χ1n) is 11.9. The van der Waals surface area contributed by atoms with Crippen LogP contribution in [0.1, 0.15) is 32.6 Å². The minimum atomic E-state index is -0.420. The van der Waals surface area contributed by atoms with E-state index in [1.165, 1.54) is 17.4 Å². The maximum atomic E-state index is 12.9. The summed E-state index contributed by atoms with van der Waals surface area (Å²) in [6, 6.07) is 9.61. The van der Waals surface area contributed by atoms with Crippen LogP contribution in [0.15, 0.2) is 29.1 Å². The van der Waals surface area contributed by atoms with Gasteiger partial charge in [-0.15, -0.1) is 11.3 Å². The molecule has 2 fully saturated rings. The van der Waals surface area contributed by atoms with Crippen LogP contribution in [0.5, 0.6) is 5.75 Å². The topological polar surface area (TPSA) is 99.4 Å². The zero-order chi connectivity index (χ0) is 23.9. The van der Waals surface area contributed by atoms with Gasteiger partial charge in [-0.25, -0.2) is 0 Å². The molecule has 1 aliphatic carbocycles. The number of benzene rings is 1. The average Bonchev–Trinajstić information content (AvgIpc) is 3.43. The van der Waals surface area contributed by atoms with E-state index in [1.54, 1.807) is 6.20 Å². The molecule has 0 spiro atoms. The number of thiazole rings is 1. The summed E-state index contributed by atoms with van der Waals surface area (Å²) in [5.41, 5.74) is 0.552. The van der Waals surface area contributed by atoms with Gasteiger partial charge in [-0.3, -0.25) is 19.1 Å². The lowest BCUT2D eigenvalue weighted by molar-refractivity contribution is -0.115. The standard InChI is InChI=1S/C25H31N5O3S/c1-2-30-24(32)22(34-25(30)21(15-26)23(31)28-16-18-8-9-18)17-27-19-6-5-7-20(14-19)33-13-12-29-10-3-4-11-29/h5-7,14,17-18,27H,2-4,8-13,16H2,1H3,(H,28,31)/b22-17+,25-21-. The van der Waals surface area contributed by atoms with Crippen molar-refractivity contribution < 1.29 is 9.53 Å². The highest BCUT2D eigenvalue weighted by Crippen LogP contribution is 2.27. The molecular formula is C25H31N5O3S. The van der Waals surface area contributed by atoms with Crippen LogP contribution in [-0.2, 0) is 11.3 Å². The first-order chi connectivity index (χ1) is 16.6. The van der Waals surface area contributed by atoms with Crippen molar-refractivity contribution >= 4 is 34.7 Å². The normalized spacial score (nSPS) is 17.4. The number of hydrogen-bond acceptors (Lipinski definition) is 7. The summed E-state index contributed by atoms with van der Waals surface area (Å²) < 4.78 is 8.19. The van der Waals surface area contributed by atoms with E-state index in [0.717, 1.165) is 55.2 Å². The van der Waals surface area contributed by atoms with Crippen molar-refractivity contribution in [2.24, 2.45) is 5.92 Å². The van der Waals surface area contributed by atoms with Crippen LogP contribution >= 0.6 is 11.3 Å². The van der Waals surface area contributed by atoms with Crippen LogP contribution in [0.2, 0.25) is 0 Å². The maximum Gasteiger partial charge on any atom is 0.270 e. The number of aromatic nitrogens is 1. The molecule has 34 heavy (non-hydrogen) atoms. The number of rotatable bonds is 10. The molecule has 2 heterocycles. The second-order valence-corrected chi connectivity index (χ2v) is 9.71. The van der Waals surface area contributed by atoms with Crippen molar-refractivity contribution in [2.45, 2.75) is 39.2 Å². The van der Waals surface area contributed by atoms with E-state index in [-0.39, 0.29) is 11.1 Å². The number of hydrogen-bond donors (Lipinski definition) is 2. The van der Waals surface area contributed by atoms with Crippen LogP contribution in [0.3, 0.4) is 0 Å². The Morgan fingerprint density at radius 3 is 2.82 bits per heavy atom. The first kappa shape index (κ1) is 24.0. The van der Waals surface area contributed by atoms with E-state index in [0.29, 0.717) is 34.8 Å². The lowest BCUT2D eigenvalue weighted by atomic mass is 10.3. The van der Waals surface area contributed by atoms with E-state index in [1.807, 2.05) is 37.3 Å². The number of nitriles is 1. The fourth-order valence-corrected chi connectivity index (χ4v) is 5.05. The molecule has 0 unspecified atom stereocenters. The predicted molar refractivity (Wildman–Crippen MR) is 134 cm³/mol. The lowest BCUT2D eigenvalue weighted by Gasteiger charge is -2.15. The van der Waals surface area contributed by atoms with Crippen LogP contribution in [-0.4, -0.2) is 48.2 Å². The molecule has 1 saturated heterocycles. The third-order valence-electron chi connectivity index (χ3n) is 6.10. The Bertz CT molecular complexity index is 1230. The molecule has 4 rings (SSSR count). The molecule has 8 nitrogen and oxygen atoms in total. The Kier molecular flexibility index (Phi) is 8.03. The highest BCUT2D eigenvalue weighted by Gasteiger charge is 2.23. The van der Waals surface area contributed by atoms with Gasteiger partial charge in [-0.1, -0.05) is 6.07 Å². The second kappa shape index (κ2) is 11.4. The fraction of sp³-hybridized carbons (Fsp3) is 0.480. The Labute approximate surface area is 203 Å². The molecule has 0 bridgehead atoms. The summed E-state index contributed by atoms with van der Waals surface area (Å²) in [4.78, 5) is 27.9. The Balaban J connectivity index is 1.49. The summed E-state index contributed by atoms with van der Waals surface area (Å²) in [7, 11) is 0. The Hall–Kier alpha value is -3.09. The van der Waals surface area contributed by atoms with Crippen molar-refractivity contribution in [1.82, 2.24) is 14.8 Å². The summed E-state index contributed by atoms with van der Waals surface area (Å²) in [5, 5.41) is 15.6. The predicted octanol–water partition coefficient (Wildman–Crippen LogP) is 1.45. The molecular weight excluding hydrogens is 450 g/mol. The SMILES string of the molecule is CCn1c(=O)/c(=C\Nc2cccc(OCCN3CCCC3)c2)s/c1=C(/C#N)C(=O)NCC1CC1. The van der Waals surface area contributed by atoms with Crippen LogP contribution < -0.4 is 30.1 Å². The number of nitrogens with one attached hydrogen (secondary N) is 2. The van der Waals surface area contributed by atoms with E-state index in [4.69, 9.17) is 4.74 Å². The van der Waals surface area contributed by atoms with Gasteiger partial charge >= 0.3 is 0 Å². The van der Waals surface area contributed by atoms with Crippen LogP contribution in [0.4, 0.5) is 5.69 Å². The molecule has 0 atom stereocenters. The van der Waals surface area contributed by atoms with Gasteiger partial charge in [0.25, 0.3) is 11.5 Å². The van der Waals surface area contributed by atoms with Gasteiger partial charge in [0.2, 0.25) is 0 Å². The van der Waals surface area contributed by atoms with Gasteiger partial charge in [0, 0.05) is 37.6 Å². The number of amides is 1. The largest absolute Gasteiger partial charge is 0.492 e. The van der Waals surface area contributed by atoms with Gasteiger partial charge < -0.3 is 15.4 Å². The van der Waals surface area contributed by atoms with Gasteiger partial charge in [-0.05, 0) is 63.7 Å². The van der Waals surface area contributed by atoms with Gasteiger partial charge in [0.15, 0.2) is 5.57 Å². The molecule has 2 N–H and O–H groups in total. The molecule has 1 amide bonds. The smallest absolute Gasteiger partial charge is 0.270 e. The second-order valence-electron chi connectivity index (χ2n) is 8.67. The zero-order valence-electron chi connectivity index (χ0n) is 19.5. The van der Waals surface area contributed by atoms with Crippen molar-refractivity contribution in [3.05, 3.63) is 43.8 Å². The fourth-order valence-electron chi connectivity index (χ4n) is 3.96. The number of ether oxygens (including phenoxy) is 1. The van der Waals surface area contributed by atoms with E-state index in [9.17, 15) is 14.9 Å². The number of likely N-dealkylation sites (tertiary alicyclic amines) is 1. The zero-order valence-corrected chi connectivity index (χ0v) is 20.3. The van der Waals surface area contributed by atoms with Gasteiger partial charge in [0.05, 0.1) is 0 Å². The minimum absolute atomic E-state index is 0.0161. The summed E-state index contributed by atoms with van der Waals surface area (Å²) in [6.07, 6.45) is 6.37. The molecule has 0 radical (unpaired) electrons. The maximum absolute atomic E-state index is 12.9. The lowest BCUT2D eigenvalue weighted by Crippen LogP contribution is -2.35. The Morgan fingerprint density at radius 1 is 1.32 bits per heavy atom. The third kappa shape index (κ3) is 6.07. The molecule has 2 aliphatic rings. The molecule has 1 aromatic carbocycles. The van der Waals surface area contributed by atoms with E-state index >= 15 is 0 Å². The van der Waals surface area contributed by atoms with Crippen molar-refractivity contribution in [1.29, 1.82) is 5.26 Å². The number of carbonyl (C=O) groups is 1. The van der Waals surface area contributed by atoms with E-state index < -0.39 is 5.91 Å². The number of nitrogens with zero attached hydrogens (tertiary/aromatic N) is 3. The van der Waals surface area contributed by atoms with Gasteiger partial charge in [0.1, 0.15) is 27.6 Å². The number of anilines is 1. The summed E-state index contributed by atoms with van der Waals surface area (Å²) in [5.74, 6) is 0.854. The van der Waals surface area contributed by atoms with Crippen molar-refractivity contribution in [3.63, 3.8) is 0 Å². The van der Waals surface area contributed by atoms with Crippen LogP contribution in [0.25, 0.3) is 11.8 Å². The molecule has 1 aromatic heterocycles. The first-order valence-corrected chi connectivity index (χ1v) is 12.7. The highest BCUT2D eigenvalue weighted by molar-refractivity contribution is 7.07. The minimum Gasteiger partial charge on any atom is -0.492 e. The Morgan fingerprint density at radius 2 is 2.12 bits per heavy atom. The van der Waals surface area contributed by atoms with Crippen molar-refractivity contribution in [2.75, 3.05) is 38.1 Å². The van der Waals surface area contributed by atoms with E-state index in [2.05, 4.69) is 15.5 Å². The summed E-state index contributed by atoms with van der Waals surface area (Å²) >= 11 is 1.15. The monoisotopic (exact) mass is 481 g/mol. The summed E-state index contributed by atoms with van der Waals surface area (Å²) in [6.45, 7) is 6.62. The molecule has 2 aromatic rings.